The molecule has 1 amide bonds. The molecule has 0 saturated carbocycles. The highest BCUT2D eigenvalue weighted by Gasteiger charge is 2.38. The van der Waals surface area contributed by atoms with E-state index in [1.54, 1.807) is 17.6 Å². The van der Waals surface area contributed by atoms with Gasteiger partial charge in [-0.25, -0.2) is 9.87 Å². The van der Waals surface area contributed by atoms with Crippen LogP contribution in [0.4, 0.5) is 4.39 Å². The molecule has 1 aromatic carbocycles. The van der Waals surface area contributed by atoms with Gasteiger partial charge in [-0.05, 0) is 36.1 Å². The lowest BCUT2D eigenvalue weighted by atomic mass is 9.90. The number of fused-ring (bicyclic) bond motifs is 3. The topological polar surface area (TPSA) is 52.6 Å². The Morgan fingerprint density at radius 2 is 2.28 bits per heavy atom. The van der Waals surface area contributed by atoms with Crippen LogP contribution in [0.15, 0.2) is 18.2 Å². The number of hydrogen-bond acceptors (Lipinski definition) is 3. The van der Waals surface area contributed by atoms with Crippen molar-refractivity contribution in [3.05, 3.63) is 34.9 Å². The first kappa shape index (κ1) is 11.6. The van der Waals surface area contributed by atoms with E-state index in [1.807, 2.05) is 6.07 Å². The quantitative estimate of drug-likeness (QED) is 0.586. The average Bonchev–Trinajstić information content (AvgIpc) is 2.79. The number of rotatable bonds is 1. The largest absolute Gasteiger partial charge is 0.293 e. The monoisotopic (exact) mass is 250 g/mol. The molecule has 4 nitrogen and oxygen atoms in total. The van der Waals surface area contributed by atoms with Gasteiger partial charge in [-0.3, -0.25) is 14.9 Å². The Morgan fingerprint density at radius 3 is 3.06 bits per heavy atom. The van der Waals surface area contributed by atoms with Crippen LogP contribution >= 0.6 is 0 Å². The minimum Gasteiger partial charge on any atom is -0.293 e. The lowest BCUT2D eigenvalue weighted by Gasteiger charge is -2.32. The predicted octanol–water partition coefficient (Wildman–Crippen LogP) is 1.45. The summed E-state index contributed by atoms with van der Waals surface area (Å²) in [5.74, 6) is -0.525. The van der Waals surface area contributed by atoms with Gasteiger partial charge < -0.3 is 0 Å². The van der Waals surface area contributed by atoms with E-state index < -0.39 is 12.1 Å². The van der Waals surface area contributed by atoms with Gasteiger partial charge in [0.05, 0.1) is 6.04 Å². The summed E-state index contributed by atoms with van der Waals surface area (Å²) in [6.07, 6.45) is 0.593. The third-order valence-electron chi connectivity index (χ3n) is 3.92. The third-order valence-corrected chi connectivity index (χ3v) is 3.92. The summed E-state index contributed by atoms with van der Waals surface area (Å²) in [5.41, 5.74) is 4.04. The van der Waals surface area contributed by atoms with Crippen LogP contribution in [-0.2, 0) is 6.42 Å². The van der Waals surface area contributed by atoms with Crippen molar-refractivity contribution in [1.82, 2.24) is 10.4 Å². The number of hydrogen-bond donors (Lipinski definition) is 2. The Balaban J connectivity index is 1.98. The number of amides is 1. The SMILES string of the molecule is O=C(NO)c1ccc2c(c1)CCN1CCC(F)C21. The summed E-state index contributed by atoms with van der Waals surface area (Å²) in [6, 6.07) is 5.05. The summed E-state index contributed by atoms with van der Waals surface area (Å²) < 4.78 is 13.9. The van der Waals surface area contributed by atoms with Gasteiger partial charge in [0.1, 0.15) is 6.17 Å². The van der Waals surface area contributed by atoms with Crippen molar-refractivity contribution < 1.29 is 14.4 Å². The van der Waals surface area contributed by atoms with Crippen LogP contribution in [0.3, 0.4) is 0 Å². The zero-order valence-corrected chi connectivity index (χ0v) is 9.90. The van der Waals surface area contributed by atoms with Gasteiger partial charge in [0.15, 0.2) is 0 Å². The molecule has 0 aliphatic carbocycles. The second-order valence-corrected chi connectivity index (χ2v) is 4.89. The minimum atomic E-state index is -0.818. The van der Waals surface area contributed by atoms with Crippen molar-refractivity contribution in [2.75, 3.05) is 13.1 Å². The Labute approximate surface area is 104 Å². The van der Waals surface area contributed by atoms with E-state index >= 15 is 0 Å². The van der Waals surface area contributed by atoms with Crippen LogP contribution in [0, 0.1) is 0 Å². The fraction of sp³-hybridized carbons (Fsp3) is 0.462. The average molecular weight is 250 g/mol. The summed E-state index contributed by atoms with van der Waals surface area (Å²) in [6.45, 7) is 1.65. The van der Waals surface area contributed by atoms with Gasteiger partial charge in [-0.2, -0.15) is 0 Å². The van der Waals surface area contributed by atoms with Crippen LogP contribution in [-0.4, -0.2) is 35.3 Å². The Morgan fingerprint density at radius 1 is 1.44 bits per heavy atom. The number of carbonyl (C=O) groups excluding carboxylic acids is 1. The molecule has 2 N–H and O–H groups in total. The second-order valence-electron chi connectivity index (χ2n) is 4.89. The molecule has 1 fully saturated rings. The maximum absolute atomic E-state index is 13.9. The molecule has 2 atom stereocenters. The molecular formula is C13H15FN2O2. The van der Waals surface area contributed by atoms with Crippen molar-refractivity contribution in [2.45, 2.75) is 25.1 Å². The zero-order chi connectivity index (χ0) is 12.7. The fourth-order valence-electron chi connectivity index (χ4n) is 3.04. The number of halogens is 1. The normalized spacial score (nSPS) is 26.6. The van der Waals surface area contributed by atoms with E-state index in [2.05, 4.69) is 4.90 Å². The molecule has 2 unspecified atom stereocenters. The summed E-state index contributed by atoms with van der Waals surface area (Å²) >= 11 is 0. The van der Waals surface area contributed by atoms with Crippen molar-refractivity contribution in [3.63, 3.8) is 0 Å². The number of nitrogens with zero attached hydrogens (tertiary/aromatic N) is 1. The molecular weight excluding hydrogens is 235 g/mol. The van der Waals surface area contributed by atoms with Crippen LogP contribution in [0.5, 0.6) is 0 Å². The molecule has 0 radical (unpaired) electrons. The third kappa shape index (κ3) is 1.71. The van der Waals surface area contributed by atoms with Crippen LogP contribution < -0.4 is 5.48 Å². The number of nitrogens with one attached hydrogen (secondary N) is 1. The van der Waals surface area contributed by atoms with E-state index in [4.69, 9.17) is 5.21 Å². The van der Waals surface area contributed by atoms with E-state index in [9.17, 15) is 9.18 Å². The number of benzene rings is 1. The molecule has 1 aromatic rings. The first-order valence-electron chi connectivity index (χ1n) is 6.16. The molecule has 96 valence electrons. The maximum atomic E-state index is 13.9. The van der Waals surface area contributed by atoms with E-state index in [-0.39, 0.29) is 6.04 Å². The summed E-state index contributed by atoms with van der Waals surface area (Å²) in [5, 5.41) is 8.62. The molecule has 18 heavy (non-hydrogen) atoms. The highest BCUT2D eigenvalue weighted by atomic mass is 19.1. The van der Waals surface area contributed by atoms with Gasteiger partial charge >= 0.3 is 0 Å². The van der Waals surface area contributed by atoms with Gasteiger partial charge in [-0.1, -0.05) is 6.07 Å². The Hall–Kier alpha value is -1.46. The zero-order valence-electron chi connectivity index (χ0n) is 9.90. The van der Waals surface area contributed by atoms with Crippen molar-refractivity contribution >= 4 is 5.91 Å². The van der Waals surface area contributed by atoms with Crippen LogP contribution in [0.1, 0.15) is 33.9 Å². The second kappa shape index (κ2) is 4.33. The number of hydroxylamine groups is 1. The minimum absolute atomic E-state index is 0.153. The van der Waals surface area contributed by atoms with Crippen molar-refractivity contribution in [1.29, 1.82) is 0 Å². The molecule has 0 spiro atoms. The highest BCUT2D eigenvalue weighted by molar-refractivity contribution is 5.93. The van der Waals surface area contributed by atoms with Crippen LogP contribution in [0.25, 0.3) is 0 Å². The van der Waals surface area contributed by atoms with E-state index in [1.165, 1.54) is 0 Å². The van der Waals surface area contributed by atoms with E-state index in [0.29, 0.717) is 12.0 Å². The first-order chi connectivity index (χ1) is 8.70. The number of carbonyl (C=O) groups is 1. The molecule has 3 rings (SSSR count). The fourth-order valence-corrected chi connectivity index (χ4v) is 3.04. The molecule has 2 aliphatic rings. The molecule has 2 heterocycles. The Bertz CT molecular complexity index is 492. The molecule has 1 saturated heterocycles. The van der Waals surface area contributed by atoms with Gasteiger partial charge in [-0.15, -0.1) is 0 Å². The van der Waals surface area contributed by atoms with Gasteiger partial charge in [0.2, 0.25) is 0 Å². The molecule has 5 heteroatoms. The highest BCUT2D eigenvalue weighted by Crippen LogP contribution is 2.39. The molecule has 2 aliphatic heterocycles. The lowest BCUT2D eigenvalue weighted by molar-refractivity contribution is 0.0706. The molecule has 0 aromatic heterocycles. The van der Waals surface area contributed by atoms with Gasteiger partial charge in [0, 0.05) is 18.7 Å². The standard InChI is InChI=1S/C13H15FN2O2/c14-11-4-6-16-5-3-8-7-9(13(17)15-18)1-2-10(8)12(11)16/h1-2,7,11-12,18H,3-6H2,(H,15,17). The maximum Gasteiger partial charge on any atom is 0.274 e. The predicted molar refractivity (Wildman–Crippen MR) is 63.2 cm³/mol. The van der Waals surface area contributed by atoms with E-state index in [0.717, 1.165) is 30.6 Å². The van der Waals surface area contributed by atoms with Crippen LogP contribution in [0.2, 0.25) is 0 Å². The smallest absolute Gasteiger partial charge is 0.274 e. The Kier molecular flexibility index (Phi) is 2.80. The van der Waals surface area contributed by atoms with Crippen molar-refractivity contribution in [2.24, 2.45) is 0 Å². The molecule has 0 bridgehead atoms. The van der Waals surface area contributed by atoms with Crippen molar-refractivity contribution in [3.8, 4) is 0 Å². The van der Waals surface area contributed by atoms with Gasteiger partial charge in [0.25, 0.3) is 5.91 Å². The number of alkyl halides is 1. The summed E-state index contributed by atoms with van der Waals surface area (Å²) in [4.78, 5) is 13.5. The lowest BCUT2D eigenvalue weighted by Crippen LogP contribution is -2.33. The first-order valence-corrected chi connectivity index (χ1v) is 6.16. The summed E-state index contributed by atoms with van der Waals surface area (Å²) in [7, 11) is 0.